The molecular weight excluding hydrogens is 276 g/mol. The van der Waals surface area contributed by atoms with Crippen LogP contribution in [0.4, 0.5) is 0 Å². The largest absolute Gasteiger partial charge is 0.307 e. The van der Waals surface area contributed by atoms with E-state index in [2.05, 4.69) is 4.98 Å². The SMILES string of the molecule is O=Cc1ccn2cc(CC3CCS(=O)(=O)CC3)nc2c1. The first-order chi connectivity index (χ1) is 9.55. The molecule has 3 rings (SSSR count). The molecule has 1 aliphatic rings. The second-order valence-corrected chi connectivity index (χ2v) is 7.68. The summed E-state index contributed by atoms with van der Waals surface area (Å²) in [6.07, 6.45) is 6.81. The maximum Gasteiger partial charge on any atom is 0.150 e. The lowest BCUT2D eigenvalue weighted by Gasteiger charge is -2.20. The molecule has 20 heavy (non-hydrogen) atoms. The summed E-state index contributed by atoms with van der Waals surface area (Å²) in [6.45, 7) is 0. The minimum Gasteiger partial charge on any atom is -0.307 e. The highest BCUT2D eigenvalue weighted by Crippen LogP contribution is 2.22. The van der Waals surface area contributed by atoms with Crippen LogP contribution in [0.1, 0.15) is 28.9 Å². The van der Waals surface area contributed by atoms with Crippen LogP contribution in [0.3, 0.4) is 0 Å². The van der Waals surface area contributed by atoms with Gasteiger partial charge in [-0.2, -0.15) is 0 Å². The number of rotatable bonds is 3. The van der Waals surface area contributed by atoms with Crippen molar-refractivity contribution in [3.63, 3.8) is 0 Å². The summed E-state index contributed by atoms with van der Waals surface area (Å²) in [4.78, 5) is 15.2. The Balaban J connectivity index is 1.76. The summed E-state index contributed by atoms with van der Waals surface area (Å²) < 4.78 is 24.7. The molecule has 0 aromatic carbocycles. The van der Waals surface area contributed by atoms with Gasteiger partial charge < -0.3 is 4.40 Å². The number of pyridine rings is 1. The van der Waals surface area contributed by atoms with Crippen LogP contribution in [0.2, 0.25) is 0 Å². The average molecular weight is 292 g/mol. The van der Waals surface area contributed by atoms with Crippen molar-refractivity contribution in [2.24, 2.45) is 5.92 Å². The lowest BCUT2D eigenvalue weighted by atomic mass is 9.97. The van der Waals surface area contributed by atoms with Crippen LogP contribution in [0, 0.1) is 5.92 Å². The van der Waals surface area contributed by atoms with Gasteiger partial charge in [0.05, 0.1) is 17.2 Å². The first-order valence-corrected chi connectivity index (χ1v) is 8.51. The molecule has 0 amide bonds. The molecule has 0 unspecified atom stereocenters. The summed E-state index contributed by atoms with van der Waals surface area (Å²) >= 11 is 0. The van der Waals surface area contributed by atoms with E-state index in [1.54, 1.807) is 12.1 Å². The van der Waals surface area contributed by atoms with E-state index in [9.17, 15) is 13.2 Å². The van der Waals surface area contributed by atoms with Crippen LogP contribution in [-0.2, 0) is 16.3 Å². The van der Waals surface area contributed by atoms with Crippen LogP contribution in [-0.4, -0.2) is 35.6 Å². The molecule has 3 heterocycles. The smallest absolute Gasteiger partial charge is 0.150 e. The van der Waals surface area contributed by atoms with Gasteiger partial charge >= 0.3 is 0 Å². The Hall–Kier alpha value is -1.69. The fourth-order valence-corrected chi connectivity index (χ4v) is 4.25. The first kappa shape index (κ1) is 13.3. The number of aldehydes is 1. The monoisotopic (exact) mass is 292 g/mol. The number of fused-ring (bicyclic) bond motifs is 1. The van der Waals surface area contributed by atoms with Gasteiger partial charge in [0.15, 0.2) is 0 Å². The average Bonchev–Trinajstić information content (AvgIpc) is 2.82. The van der Waals surface area contributed by atoms with Crippen molar-refractivity contribution in [1.82, 2.24) is 9.38 Å². The summed E-state index contributed by atoms with van der Waals surface area (Å²) in [5.74, 6) is 0.967. The molecular formula is C14H16N2O3S. The molecule has 5 nitrogen and oxygen atoms in total. The molecule has 6 heteroatoms. The van der Waals surface area contributed by atoms with Crippen LogP contribution >= 0.6 is 0 Å². The first-order valence-electron chi connectivity index (χ1n) is 6.69. The quantitative estimate of drug-likeness (QED) is 0.804. The molecule has 1 saturated heterocycles. The number of hydrogen-bond donors (Lipinski definition) is 0. The molecule has 0 N–H and O–H groups in total. The van der Waals surface area contributed by atoms with Gasteiger partial charge in [-0.1, -0.05) is 0 Å². The molecule has 1 aliphatic heterocycles. The maximum atomic E-state index is 11.4. The van der Waals surface area contributed by atoms with Gasteiger partial charge in [-0.25, -0.2) is 13.4 Å². The van der Waals surface area contributed by atoms with Gasteiger partial charge in [-0.3, -0.25) is 4.79 Å². The van der Waals surface area contributed by atoms with E-state index in [1.807, 2.05) is 16.8 Å². The molecule has 0 atom stereocenters. The van der Waals surface area contributed by atoms with Crippen LogP contribution in [0.15, 0.2) is 24.5 Å². The summed E-state index contributed by atoms with van der Waals surface area (Å²) in [5.41, 5.74) is 2.32. The zero-order valence-electron chi connectivity index (χ0n) is 11.0. The summed E-state index contributed by atoms with van der Waals surface area (Å²) in [6, 6.07) is 3.50. The highest BCUT2D eigenvalue weighted by atomic mass is 32.2. The standard InChI is InChI=1S/C14H16N2O3S/c17-10-12-1-4-16-9-13(15-14(16)8-12)7-11-2-5-20(18,19)6-3-11/h1,4,8-11H,2-3,5-7H2. The minimum atomic E-state index is -2.81. The number of carbonyl (C=O) groups excluding carboxylic acids is 1. The second kappa shape index (κ2) is 5.01. The van der Waals surface area contributed by atoms with E-state index in [0.717, 1.165) is 36.9 Å². The zero-order valence-corrected chi connectivity index (χ0v) is 11.8. The fourth-order valence-electron chi connectivity index (χ4n) is 2.66. The van der Waals surface area contributed by atoms with Gasteiger partial charge in [-0.15, -0.1) is 0 Å². The topological polar surface area (TPSA) is 68.5 Å². The third-order valence-corrected chi connectivity index (χ3v) is 5.56. The Morgan fingerprint density at radius 2 is 2.10 bits per heavy atom. The fraction of sp³-hybridized carbons (Fsp3) is 0.429. The van der Waals surface area contributed by atoms with E-state index in [-0.39, 0.29) is 0 Å². The lowest BCUT2D eigenvalue weighted by Crippen LogP contribution is -2.24. The minimum absolute atomic E-state index is 0.292. The molecule has 0 bridgehead atoms. The zero-order chi connectivity index (χ0) is 14.2. The van der Waals surface area contributed by atoms with Crippen molar-refractivity contribution in [3.8, 4) is 0 Å². The van der Waals surface area contributed by atoms with Crippen molar-refractivity contribution in [2.75, 3.05) is 11.5 Å². The lowest BCUT2D eigenvalue weighted by molar-refractivity contribution is 0.112. The van der Waals surface area contributed by atoms with Crippen molar-refractivity contribution in [1.29, 1.82) is 0 Å². The molecule has 0 saturated carbocycles. The maximum absolute atomic E-state index is 11.4. The number of hydrogen-bond acceptors (Lipinski definition) is 4. The molecule has 2 aromatic heterocycles. The molecule has 0 spiro atoms. The summed E-state index contributed by atoms with van der Waals surface area (Å²) in [5, 5.41) is 0. The van der Waals surface area contributed by atoms with Crippen LogP contribution < -0.4 is 0 Å². The number of aromatic nitrogens is 2. The van der Waals surface area contributed by atoms with E-state index >= 15 is 0 Å². The Morgan fingerprint density at radius 3 is 2.80 bits per heavy atom. The summed E-state index contributed by atoms with van der Waals surface area (Å²) in [7, 11) is -2.81. The van der Waals surface area contributed by atoms with Gasteiger partial charge in [0, 0.05) is 18.0 Å². The Kier molecular flexibility index (Phi) is 3.33. The third-order valence-electron chi connectivity index (χ3n) is 3.84. The third kappa shape index (κ3) is 2.75. The van der Waals surface area contributed by atoms with Crippen molar-refractivity contribution < 1.29 is 13.2 Å². The van der Waals surface area contributed by atoms with Gasteiger partial charge in [0.25, 0.3) is 0 Å². The second-order valence-electron chi connectivity index (χ2n) is 5.37. The number of carbonyl (C=O) groups is 1. The molecule has 0 radical (unpaired) electrons. The van der Waals surface area contributed by atoms with E-state index in [1.165, 1.54) is 0 Å². The van der Waals surface area contributed by atoms with Crippen LogP contribution in [0.25, 0.3) is 5.65 Å². The van der Waals surface area contributed by atoms with Gasteiger partial charge in [0.1, 0.15) is 21.8 Å². The number of sulfone groups is 1. The Labute approximate surface area is 117 Å². The van der Waals surface area contributed by atoms with E-state index in [4.69, 9.17) is 0 Å². The molecule has 2 aromatic rings. The van der Waals surface area contributed by atoms with E-state index in [0.29, 0.717) is 23.0 Å². The number of imidazole rings is 1. The normalized spacial score (nSPS) is 19.2. The van der Waals surface area contributed by atoms with Crippen molar-refractivity contribution >= 4 is 21.8 Å². The van der Waals surface area contributed by atoms with Gasteiger partial charge in [-0.05, 0) is 37.3 Å². The number of nitrogens with zero attached hydrogens (tertiary/aromatic N) is 2. The predicted octanol–water partition coefficient (Wildman–Crippen LogP) is 1.51. The van der Waals surface area contributed by atoms with Crippen molar-refractivity contribution in [3.05, 3.63) is 35.8 Å². The Morgan fingerprint density at radius 1 is 1.35 bits per heavy atom. The molecule has 106 valence electrons. The predicted molar refractivity (Wildman–Crippen MR) is 75.7 cm³/mol. The highest BCUT2D eigenvalue weighted by Gasteiger charge is 2.24. The van der Waals surface area contributed by atoms with Gasteiger partial charge in [0.2, 0.25) is 0 Å². The molecule has 1 fully saturated rings. The molecule has 0 aliphatic carbocycles. The van der Waals surface area contributed by atoms with Crippen molar-refractivity contribution in [2.45, 2.75) is 19.3 Å². The van der Waals surface area contributed by atoms with Crippen LogP contribution in [0.5, 0.6) is 0 Å². The Bertz CT molecular complexity index is 735. The van der Waals surface area contributed by atoms with E-state index < -0.39 is 9.84 Å². The highest BCUT2D eigenvalue weighted by molar-refractivity contribution is 7.91.